The monoisotopic (exact) mass is 377 g/mol. The first-order chi connectivity index (χ1) is 12.8. The van der Waals surface area contributed by atoms with Gasteiger partial charge in [-0.15, -0.1) is 0 Å². The molecule has 144 valence electrons. The minimum absolute atomic E-state index is 0.0688. The number of ether oxygens (including phenoxy) is 1. The Morgan fingerprint density at radius 3 is 2.33 bits per heavy atom. The molecule has 3 rings (SSSR count). The quantitative estimate of drug-likeness (QED) is 0.663. The van der Waals surface area contributed by atoms with Gasteiger partial charge < -0.3 is 4.74 Å². The molecule has 0 N–H and O–H groups in total. The number of hydrogen-bond acceptors (Lipinski definition) is 3. The number of alkyl halides is 3. The molecule has 2 aromatic rings. The van der Waals surface area contributed by atoms with Crippen molar-refractivity contribution in [3.63, 3.8) is 0 Å². The summed E-state index contributed by atoms with van der Waals surface area (Å²) < 4.78 is 43.2. The third kappa shape index (κ3) is 4.87. The molecule has 1 aromatic carbocycles. The van der Waals surface area contributed by atoms with Crippen molar-refractivity contribution in [2.24, 2.45) is 5.92 Å². The Bertz CT molecular complexity index is 764. The fourth-order valence-electron chi connectivity index (χ4n) is 3.75. The van der Waals surface area contributed by atoms with Crippen molar-refractivity contribution < 1.29 is 22.7 Å². The Hall–Kier alpha value is -2.37. The van der Waals surface area contributed by atoms with Gasteiger partial charge in [-0.2, -0.15) is 13.2 Å². The molecule has 0 radical (unpaired) electrons. The van der Waals surface area contributed by atoms with Crippen LogP contribution in [0.1, 0.15) is 55.3 Å². The zero-order valence-electron chi connectivity index (χ0n) is 15.1. The summed E-state index contributed by atoms with van der Waals surface area (Å²) >= 11 is 0. The van der Waals surface area contributed by atoms with Crippen molar-refractivity contribution in [1.82, 2.24) is 4.98 Å². The molecule has 1 aliphatic carbocycles. The van der Waals surface area contributed by atoms with E-state index < -0.39 is 11.9 Å². The van der Waals surface area contributed by atoms with E-state index in [1.54, 1.807) is 19.1 Å². The first-order valence-corrected chi connectivity index (χ1v) is 9.10. The lowest BCUT2D eigenvalue weighted by molar-refractivity contribution is -0.141. The van der Waals surface area contributed by atoms with Gasteiger partial charge in [-0.25, -0.2) is 0 Å². The molecule has 0 saturated heterocycles. The van der Waals surface area contributed by atoms with E-state index in [1.165, 1.54) is 25.1 Å². The maximum absolute atomic E-state index is 12.5. The highest BCUT2D eigenvalue weighted by molar-refractivity contribution is 5.83. The van der Waals surface area contributed by atoms with Gasteiger partial charge in [-0.05, 0) is 49.4 Å². The highest BCUT2D eigenvalue weighted by Gasteiger charge is 2.32. The van der Waals surface area contributed by atoms with E-state index >= 15 is 0 Å². The molecule has 1 atom stereocenters. The smallest absolute Gasteiger partial charge is 0.433 e. The first kappa shape index (κ1) is 19.4. The summed E-state index contributed by atoms with van der Waals surface area (Å²) in [5.74, 6) is 1.13. The van der Waals surface area contributed by atoms with Crippen molar-refractivity contribution in [3.8, 4) is 5.75 Å². The van der Waals surface area contributed by atoms with E-state index in [-0.39, 0.29) is 18.3 Å². The number of hydrogen-bond donors (Lipinski definition) is 0. The van der Waals surface area contributed by atoms with Crippen molar-refractivity contribution >= 4 is 5.78 Å². The Morgan fingerprint density at radius 1 is 1.15 bits per heavy atom. The molecule has 1 aromatic heterocycles. The number of Topliss-reactive ketones (excluding diaryl/α,β-unsaturated/α-hetero) is 1. The maximum atomic E-state index is 12.5. The number of aromatic nitrogens is 1. The van der Waals surface area contributed by atoms with Crippen LogP contribution in [0, 0.1) is 5.92 Å². The van der Waals surface area contributed by atoms with Gasteiger partial charge >= 0.3 is 6.18 Å². The summed E-state index contributed by atoms with van der Waals surface area (Å²) in [7, 11) is 0. The molecule has 0 bridgehead atoms. The fourth-order valence-corrected chi connectivity index (χ4v) is 3.75. The van der Waals surface area contributed by atoms with Crippen molar-refractivity contribution in [3.05, 3.63) is 59.4 Å². The third-order valence-electron chi connectivity index (χ3n) is 5.07. The zero-order chi connectivity index (χ0) is 19.4. The molecule has 1 heterocycles. The fraction of sp³-hybridized carbons (Fsp3) is 0.429. The average Bonchev–Trinajstić information content (AvgIpc) is 3.14. The van der Waals surface area contributed by atoms with Crippen LogP contribution in [0.2, 0.25) is 0 Å². The number of pyridine rings is 1. The lowest BCUT2D eigenvalue weighted by Gasteiger charge is -2.21. The lowest BCUT2D eigenvalue weighted by atomic mass is 9.82. The number of nitrogens with zero attached hydrogens (tertiary/aromatic N) is 1. The van der Waals surface area contributed by atoms with Crippen LogP contribution in [-0.4, -0.2) is 10.8 Å². The summed E-state index contributed by atoms with van der Waals surface area (Å²) in [5, 5.41) is 0. The summed E-state index contributed by atoms with van der Waals surface area (Å²) in [5.41, 5.74) is 0.635. The number of rotatable bonds is 6. The van der Waals surface area contributed by atoms with E-state index in [4.69, 9.17) is 4.74 Å². The first-order valence-electron chi connectivity index (χ1n) is 9.10. The normalized spacial score (nSPS) is 16.3. The van der Waals surface area contributed by atoms with Gasteiger partial charge in [0.05, 0.1) is 0 Å². The van der Waals surface area contributed by atoms with Gasteiger partial charge in [0.25, 0.3) is 0 Å². The largest absolute Gasteiger partial charge is 0.489 e. The Morgan fingerprint density at radius 2 is 1.81 bits per heavy atom. The van der Waals surface area contributed by atoms with Crippen LogP contribution in [0.15, 0.2) is 42.6 Å². The summed E-state index contributed by atoms with van der Waals surface area (Å²) in [6.45, 7) is 1.77. The predicted molar refractivity (Wildman–Crippen MR) is 95.4 cm³/mol. The zero-order valence-corrected chi connectivity index (χ0v) is 15.1. The molecular formula is C21H22F3NO2. The number of carbonyl (C=O) groups excluding carboxylic acids is 1. The van der Waals surface area contributed by atoms with Crippen LogP contribution in [0.4, 0.5) is 13.2 Å². The number of ketones is 1. The number of halogens is 3. The van der Waals surface area contributed by atoms with E-state index in [1.807, 2.05) is 12.1 Å². The number of benzene rings is 1. The number of carbonyl (C=O) groups is 1. The van der Waals surface area contributed by atoms with Gasteiger partial charge in [0.15, 0.2) is 0 Å². The molecule has 27 heavy (non-hydrogen) atoms. The Balaban J connectivity index is 1.62. The minimum Gasteiger partial charge on any atom is -0.489 e. The van der Waals surface area contributed by atoms with Crippen LogP contribution in [0.3, 0.4) is 0 Å². The van der Waals surface area contributed by atoms with E-state index in [0.717, 1.165) is 24.5 Å². The van der Waals surface area contributed by atoms with Crippen LogP contribution in [0.25, 0.3) is 0 Å². The molecule has 3 nitrogen and oxygen atoms in total. The Labute approximate surface area is 156 Å². The second-order valence-electron chi connectivity index (χ2n) is 7.04. The van der Waals surface area contributed by atoms with E-state index in [2.05, 4.69) is 4.98 Å². The summed E-state index contributed by atoms with van der Waals surface area (Å²) in [6.07, 6.45) is 1.26. The van der Waals surface area contributed by atoms with Crippen LogP contribution < -0.4 is 4.74 Å². The molecule has 1 aliphatic rings. The van der Waals surface area contributed by atoms with Crippen molar-refractivity contribution in [2.45, 2.75) is 51.3 Å². The van der Waals surface area contributed by atoms with Gasteiger partial charge in [0.1, 0.15) is 23.8 Å². The van der Waals surface area contributed by atoms with E-state index in [9.17, 15) is 18.0 Å². The van der Waals surface area contributed by atoms with Gasteiger partial charge in [0, 0.05) is 17.7 Å². The molecule has 1 saturated carbocycles. The summed E-state index contributed by atoms with van der Waals surface area (Å²) in [6, 6.07) is 9.72. The van der Waals surface area contributed by atoms with Crippen LogP contribution >= 0.6 is 0 Å². The van der Waals surface area contributed by atoms with Crippen molar-refractivity contribution in [1.29, 1.82) is 0 Å². The van der Waals surface area contributed by atoms with Crippen molar-refractivity contribution in [2.75, 3.05) is 0 Å². The Kier molecular flexibility index (Phi) is 5.82. The topological polar surface area (TPSA) is 39.2 Å². The third-order valence-corrected chi connectivity index (χ3v) is 5.07. The highest BCUT2D eigenvalue weighted by atomic mass is 19.4. The molecule has 0 aliphatic heterocycles. The van der Waals surface area contributed by atoms with Crippen LogP contribution in [-0.2, 0) is 17.6 Å². The SMILES string of the molecule is CC(=O)C(c1ccc(OCc2ccc(C(F)(F)F)nc2)cc1)C1CCCC1. The van der Waals surface area contributed by atoms with Gasteiger partial charge in [-0.1, -0.05) is 31.0 Å². The highest BCUT2D eigenvalue weighted by Crippen LogP contribution is 2.38. The summed E-state index contributed by atoms with van der Waals surface area (Å²) in [4.78, 5) is 15.5. The maximum Gasteiger partial charge on any atom is 0.433 e. The van der Waals surface area contributed by atoms with Crippen LogP contribution in [0.5, 0.6) is 5.75 Å². The standard InChI is InChI=1S/C21H22F3NO2/c1-14(26)20(16-4-2-3-5-16)17-7-9-18(10-8-17)27-13-15-6-11-19(25-12-15)21(22,23)24/h6-12,16,20H,2-5,13H2,1H3. The molecule has 0 amide bonds. The molecule has 1 unspecified atom stereocenters. The van der Waals surface area contributed by atoms with Gasteiger partial charge in [0.2, 0.25) is 0 Å². The lowest BCUT2D eigenvalue weighted by Crippen LogP contribution is -2.17. The van der Waals surface area contributed by atoms with E-state index in [0.29, 0.717) is 17.2 Å². The van der Waals surface area contributed by atoms with Gasteiger partial charge in [-0.3, -0.25) is 9.78 Å². The molecular weight excluding hydrogens is 355 g/mol. The average molecular weight is 377 g/mol. The second-order valence-corrected chi connectivity index (χ2v) is 7.04. The molecule has 1 fully saturated rings. The minimum atomic E-state index is -4.44. The second kappa shape index (κ2) is 8.11. The predicted octanol–water partition coefficient (Wildman–Crippen LogP) is 5.54. The molecule has 6 heteroatoms. The molecule has 0 spiro atoms.